The van der Waals surface area contributed by atoms with Gasteiger partial charge in [-0.25, -0.2) is 0 Å². The van der Waals surface area contributed by atoms with Crippen LogP contribution in [0.4, 0.5) is 5.69 Å². The lowest BCUT2D eigenvalue weighted by molar-refractivity contribution is -0.127. The lowest BCUT2D eigenvalue weighted by Crippen LogP contribution is -2.45. The fourth-order valence-electron chi connectivity index (χ4n) is 2.39. The predicted molar refractivity (Wildman–Crippen MR) is 71.5 cm³/mol. The Hall–Kier alpha value is -1.31. The third-order valence-corrected chi connectivity index (χ3v) is 3.79. The Morgan fingerprint density at radius 2 is 1.94 bits per heavy atom. The van der Waals surface area contributed by atoms with Crippen molar-refractivity contribution < 1.29 is 4.79 Å². The molecule has 92 valence electrons. The molecule has 1 aliphatic heterocycles. The second-order valence-corrected chi connectivity index (χ2v) is 5.77. The van der Waals surface area contributed by atoms with Crippen molar-refractivity contribution in [2.45, 2.75) is 34.1 Å². The first-order chi connectivity index (χ1) is 7.90. The summed E-state index contributed by atoms with van der Waals surface area (Å²) in [4.78, 5) is 14.2. The summed E-state index contributed by atoms with van der Waals surface area (Å²) >= 11 is 0. The molecule has 0 amide bonds. The number of carbonyl (C=O) groups is 1. The number of piperidine rings is 1. The van der Waals surface area contributed by atoms with Gasteiger partial charge >= 0.3 is 0 Å². The molecule has 2 heteroatoms. The first kappa shape index (κ1) is 12.2. The number of aryl methyl sites for hydroxylation is 2. The molecule has 0 atom stereocenters. The minimum absolute atomic E-state index is 0.144. The molecule has 0 unspecified atom stereocenters. The van der Waals surface area contributed by atoms with Crippen LogP contribution < -0.4 is 4.90 Å². The van der Waals surface area contributed by atoms with E-state index in [1.807, 2.05) is 0 Å². The van der Waals surface area contributed by atoms with Crippen molar-refractivity contribution in [1.82, 2.24) is 0 Å². The molecule has 1 aromatic carbocycles. The van der Waals surface area contributed by atoms with Gasteiger partial charge in [-0.2, -0.15) is 0 Å². The summed E-state index contributed by atoms with van der Waals surface area (Å²) in [6.45, 7) is 9.84. The van der Waals surface area contributed by atoms with Gasteiger partial charge in [0.1, 0.15) is 0 Å². The normalized spacial score (nSPS) is 19.5. The molecule has 2 nitrogen and oxygen atoms in total. The van der Waals surface area contributed by atoms with Gasteiger partial charge in [0.05, 0.1) is 6.54 Å². The highest BCUT2D eigenvalue weighted by Crippen LogP contribution is 2.31. The van der Waals surface area contributed by atoms with E-state index in [-0.39, 0.29) is 5.41 Å². The van der Waals surface area contributed by atoms with Crippen molar-refractivity contribution in [3.05, 3.63) is 29.3 Å². The monoisotopic (exact) mass is 231 g/mol. The molecular weight excluding hydrogens is 210 g/mol. The van der Waals surface area contributed by atoms with E-state index in [0.29, 0.717) is 12.3 Å². The van der Waals surface area contributed by atoms with Crippen LogP contribution in [0.2, 0.25) is 0 Å². The van der Waals surface area contributed by atoms with Crippen LogP contribution >= 0.6 is 0 Å². The van der Waals surface area contributed by atoms with E-state index in [9.17, 15) is 4.79 Å². The molecule has 0 radical (unpaired) electrons. The maximum atomic E-state index is 12.0. The lowest BCUT2D eigenvalue weighted by Gasteiger charge is -2.37. The Labute approximate surface area is 104 Å². The van der Waals surface area contributed by atoms with E-state index in [0.717, 1.165) is 13.0 Å². The number of rotatable bonds is 1. The van der Waals surface area contributed by atoms with Crippen molar-refractivity contribution in [2.75, 3.05) is 18.0 Å². The maximum absolute atomic E-state index is 12.0. The Balaban J connectivity index is 2.22. The smallest absolute Gasteiger partial charge is 0.157 e. The third kappa shape index (κ3) is 2.36. The molecule has 1 aromatic rings. The highest BCUT2D eigenvalue weighted by Gasteiger charge is 2.33. The van der Waals surface area contributed by atoms with Gasteiger partial charge in [0, 0.05) is 17.6 Å². The molecule has 1 fully saturated rings. The van der Waals surface area contributed by atoms with Gasteiger partial charge < -0.3 is 4.90 Å². The van der Waals surface area contributed by atoms with Crippen molar-refractivity contribution >= 4 is 11.5 Å². The second kappa shape index (κ2) is 4.17. The molecule has 2 rings (SSSR count). The largest absolute Gasteiger partial charge is 0.364 e. The zero-order valence-electron chi connectivity index (χ0n) is 11.2. The maximum Gasteiger partial charge on any atom is 0.157 e. The summed E-state index contributed by atoms with van der Waals surface area (Å²) in [6, 6.07) is 6.43. The van der Waals surface area contributed by atoms with Crippen LogP contribution in [-0.2, 0) is 4.79 Å². The standard InChI is InChI=1S/C15H21NO/c1-11-5-6-13(12(2)9-11)16-8-7-15(3,4)14(17)10-16/h5-6,9H,7-8,10H2,1-4H3. The van der Waals surface area contributed by atoms with Crippen LogP contribution in [0.15, 0.2) is 18.2 Å². The van der Waals surface area contributed by atoms with Crippen LogP contribution in [0.3, 0.4) is 0 Å². The van der Waals surface area contributed by atoms with Gasteiger partial charge in [-0.05, 0) is 31.9 Å². The molecule has 1 heterocycles. The van der Waals surface area contributed by atoms with Crippen LogP contribution in [0.5, 0.6) is 0 Å². The van der Waals surface area contributed by atoms with Gasteiger partial charge in [0.25, 0.3) is 0 Å². The molecule has 0 N–H and O–H groups in total. The summed E-state index contributed by atoms with van der Waals surface area (Å²) in [6.07, 6.45) is 0.944. The Morgan fingerprint density at radius 3 is 2.53 bits per heavy atom. The highest BCUT2D eigenvalue weighted by molar-refractivity contribution is 5.89. The minimum Gasteiger partial charge on any atom is -0.364 e. The quantitative estimate of drug-likeness (QED) is 0.740. The van der Waals surface area contributed by atoms with Crippen molar-refractivity contribution in [3.63, 3.8) is 0 Å². The van der Waals surface area contributed by atoms with Gasteiger partial charge in [0.2, 0.25) is 0 Å². The molecule has 17 heavy (non-hydrogen) atoms. The molecule has 0 aliphatic carbocycles. The van der Waals surface area contributed by atoms with Gasteiger partial charge in [-0.1, -0.05) is 31.5 Å². The molecule has 0 aromatic heterocycles. The van der Waals surface area contributed by atoms with E-state index < -0.39 is 0 Å². The topological polar surface area (TPSA) is 20.3 Å². The van der Waals surface area contributed by atoms with Crippen LogP contribution in [-0.4, -0.2) is 18.9 Å². The van der Waals surface area contributed by atoms with Crippen molar-refractivity contribution in [1.29, 1.82) is 0 Å². The van der Waals surface area contributed by atoms with E-state index >= 15 is 0 Å². The fraction of sp³-hybridized carbons (Fsp3) is 0.533. The third-order valence-electron chi connectivity index (χ3n) is 3.79. The Morgan fingerprint density at radius 1 is 1.24 bits per heavy atom. The van der Waals surface area contributed by atoms with E-state index in [1.165, 1.54) is 16.8 Å². The number of hydrogen-bond acceptors (Lipinski definition) is 2. The number of carbonyl (C=O) groups excluding carboxylic acids is 1. The number of nitrogens with zero attached hydrogens (tertiary/aromatic N) is 1. The van der Waals surface area contributed by atoms with Crippen molar-refractivity contribution in [3.8, 4) is 0 Å². The minimum atomic E-state index is -0.144. The lowest BCUT2D eigenvalue weighted by atomic mass is 9.81. The summed E-state index contributed by atoms with van der Waals surface area (Å²) in [5.74, 6) is 0.351. The summed E-state index contributed by atoms with van der Waals surface area (Å²) in [5, 5.41) is 0. The summed E-state index contributed by atoms with van der Waals surface area (Å²) in [7, 11) is 0. The summed E-state index contributed by atoms with van der Waals surface area (Å²) < 4.78 is 0. The molecule has 0 saturated carbocycles. The van der Waals surface area contributed by atoms with Gasteiger partial charge in [-0.15, -0.1) is 0 Å². The molecule has 1 aliphatic rings. The SMILES string of the molecule is Cc1ccc(N2CCC(C)(C)C(=O)C2)c(C)c1. The predicted octanol–water partition coefficient (Wildman–Crippen LogP) is 3.11. The van der Waals surface area contributed by atoms with Crippen LogP contribution in [0.1, 0.15) is 31.4 Å². The first-order valence-corrected chi connectivity index (χ1v) is 6.26. The van der Waals surface area contributed by atoms with Crippen LogP contribution in [0.25, 0.3) is 0 Å². The molecule has 1 saturated heterocycles. The average Bonchev–Trinajstić information content (AvgIpc) is 2.23. The fourth-order valence-corrected chi connectivity index (χ4v) is 2.39. The molecule has 0 bridgehead atoms. The zero-order chi connectivity index (χ0) is 12.6. The average molecular weight is 231 g/mol. The van der Waals surface area contributed by atoms with E-state index in [1.54, 1.807) is 0 Å². The van der Waals surface area contributed by atoms with E-state index in [4.69, 9.17) is 0 Å². The van der Waals surface area contributed by atoms with E-state index in [2.05, 4.69) is 50.8 Å². The Kier molecular flexibility index (Phi) is 2.98. The van der Waals surface area contributed by atoms with Crippen LogP contribution in [0, 0.1) is 19.3 Å². The molecular formula is C15H21NO. The number of anilines is 1. The molecule has 0 spiro atoms. The van der Waals surface area contributed by atoms with Gasteiger partial charge in [-0.3, -0.25) is 4.79 Å². The number of benzene rings is 1. The van der Waals surface area contributed by atoms with Gasteiger partial charge in [0.15, 0.2) is 5.78 Å². The number of Topliss-reactive ketones (excluding diaryl/α,β-unsaturated/α-hetero) is 1. The second-order valence-electron chi connectivity index (χ2n) is 5.77. The Bertz CT molecular complexity index is 448. The highest BCUT2D eigenvalue weighted by atomic mass is 16.1. The number of ketones is 1. The first-order valence-electron chi connectivity index (χ1n) is 6.26. The zero-order valence-corrected chi connectivity index (χ0v) is 11.2. The number of hydrogen-bond donors (Lipinski definition) is 0. The summed E-state index contributed by atoms with van der Waals surface area (Å²) in [5.41, 5.74) is 3.60. The van der Waals surface area contributed by atoms with Crippen molar-refractivity contribution in [2.24, 2.45) is 5.41 Å².